The van der Waals surface area contributed by atoms with E-state index in [1.165, 1.54) is 14.2 Å². The summed E-state index contributed by atoms with van der Waals surface area (Å²) in [5.41, 5.74) is -0.365. The molecule has 0 radical (unpaired) electrons. The van der Waals surface area contributed by atoms with Gasteiger partial charge in [-0.3, -0.25) is 4.90 Å². The average molecular weight is 333 g/mol. The fourth-order valence-electron chi connectivity index (χ4n) is 2.77. The normalized spacial score (nSPS) is 51.2. The van der Waals surface area contributed by atoms with Gasteiger partial charge in [0.1, 0.15) is 0 Å². The number of methoxy groups -OCH3 is 2. The largest absolute Gasteiger partial charge is 0.493 e. The molecular formula is C19H29NO3. The van der Waals surface area contributed by atoms with Crippen LogP contribution in [0.15, 0.2) is 12.1 Å². The fraction of sp³-hybridized carbons (Fsp3) is 0.684. The Kier molecular flexibility index (Phi) is 2.02. The van der Waals surface area contributed by atoms with E-state index in [2.05, 4.69) is 0 Å². The summed E-state index contributed by atoms with van der Waals surface area (Å²) in [6.07, 6.45) is -10.9. The maximum atomic E-state index is 11.3. The highest BCUT2D eigenvalue weighted by atomic mass is 16.5. The first-order chi connectivity index (χ1) is 16.0. The Morgan fingerprint density at radius 3 is 3.00 bits per heavy atom. The highest BCUT2D eigenvalue weighted by Gasteiger charge is 2.38. The van der Waals surface area contributed by atoms with Crippen LogP contribution in [-0.2, 0) is 6.42 Å². The summed E-state index contributed by atoms with van der Waals surface area (Å²) in [4.78, 5) is 0.960. The molecule has 0 bridgehead atoms. The molecule has 1 saturated heterocycles. The Bertz CT molecular complexity index is 1070. The Balaban J connectivity index is 2.36. The molecule has 2 heterocycles. The maximum absolute atomic E-state index is 11.3. The smallest absolute Gasteiger partial charge is 0.161 e. The monoisotopic (exact) mass is 332 g/mol. The lowest BCUT2D eigenvalue weighted by Gasteiger charge is -2.46. The summed E-state index contributed by atoms with van der Waals surface area (Å²) in [6, 6.07) is -3.59. The Labute approximate surface area is 157 Å². The molecule has 1 fully saturated rings. The van der Waals surface area contributed by atoms with Crippen molar-refractivity contribution in [1.29, 1.82) is 0 Å². The summed E-state index contributed by atoms with van der Waals surface area (Å²) in [5, 5.41) is 11.3. The van der Waals surface area contributed by atoms with E-state index < -0.39 is 61.6 Å². The predicted molar refractivity (Wildman–Crippen MR) is 91.1 cm³/mol. The zero-order valence-electron chi connectivity index (χ0n) is 26.3. The Morgan fingerprint density at radius 2 is 2.30 bits per heavy atom. The van der Waals surface area contributed by atoms with Crippen molar-refractivity contribution < 1.29 is 32.4 Å². The van der Waals surface area contributed by atoms with Crippen LogP contribution in [0.4, 0.5) is 0 Å². The molecule has 0 spiro atoms. The number of fused-ring (bicyclic) bond motifs is 3. The molecule has 23 heavy (non-hydrogen) atoms. The van der Waals surface area contributed by atoms with Crippen LogP contribution in [0.5, 0.6) is 11.5 Å². The summed E-state index contributed by atoms with van der Waals surface area (Å²) < 4.78 is 120. The van der Waals surface area contributed by atoms with Crippen LogP contribution in [-0.4, -0.2) is 43.4 Å². The van der Waals surface area contributed by atoms with Crippen LogP contribution in [0.3, 0.4) is 0 Å². The molecule has 1 aromatic rings. The summed E-state index contributed by atoms with van der Waals surface area (Å²) in [7, 11) is 2.43. The molecule has 0 saturated carbocycles. The number of hydrogen-bond donors (Lipinski definition) is 1. The topological polar surface area (TPSA) is 41.9 Å². The predicted octanol–water partition coefficient (Wildman–Crippen LogP) is 3.03. The molecule has 4 nitrogen and oxygen atoms in total. The second kappa shape index (κ2) is 6.70. The molecule has 128 valence electrons. The van der Waals surface area contributed by atoms with Crippen LogP contribution in [0.25, 0.3) is 0 Å². The van der Waals surface area contributed by atoms with Crippen LogP contribution in [0.2, 0.25) is 0 Å². The van der Waals surface area contributed by atoms with Gasteiger partial charge in [-0.15, -0.1) is 0 Å². The number of hydrogen-bond acceptors (Lipinski definition) is 4. The standard InChI is InChI=1S/C19H29NO3/c1-12(2)7-14-11-20-6-5-13-8-18(22-3)19(23-4)9-15(13)16(20)10-17(14)21/h8-9,12,14,16-17,21H,5-7,10-11H2,1-4H3/i1D3,7D2,8D,9D,10D2,12D,14D,16D,17D. The van der Waals surface area contributed by atoms with Gasteiger partial charge in [0.15, 0.2) is 11.5 Å². The van der Waals surface area contributed by atoms with E-state index in [0.29, 0.717) is 6.92 Å². The van der Waals surface area contributed by atoms with Crippen molar-refractivity contribution >= 4 is 0 Å². The van der Waals surface area contributed by atoms with E-state index in [4.69, 9.17) is 25.9 Å². The van der Waals surface area contributed by atoms with Gasteiger partial charge in [0.2, 0.25) is 0 Å². The molecule has 0 aromatic heterocycles. The van der Waals surface area contributed by atoms with Crippen LogP contribution >= 0.6 is 0 Å². The highest BCUT2D eigenvalue weighted by molar-refractivity contribution is 5.49. The minimum Gasteiger partial charge on any atom is -0.493 e. The van der Waals surface area contributed by atoms with Gasteiger partial charge in [-0.05, 0) is 54.2 Å². The van der Waals surface area contributed by atoms with Crippen molar-refractivity contribution in [2.45, 2.75) is 45.0 Å². The molecular weight excluding hydrogens is 290 g/mol. The van der Waals surface area contributed by atoms with E-state index in [1.54, 1.807) is 0 Å². The van der Waals surface area contributed by atoms with Crippen molar-refractivity contribution in [1.82, 2.24) is 4.90 Å². The van der Waals surface area contributed by atoms with Crippen molar-refractivity contribution in [3.05, 3.63) is 23.2 Å². The minimum absolute atomic E-state index is 0.0388. The Hall–Kier alpha value is -1.26. The van der Waals surface area contributed by atoms with Gasteiger partial charge in [0, 0.05) is 31.4 Å². The van der Waals surface area contributed by atoms with Gasteiger partial charge in [-0.25, -0.2) is 0 Å². The molecule has 4 unspecified atom stereocenters. The lowest BCUT2D eigenvalue weighted by atomic mass is 9.79. The molecule has 2 aliphatic rings. The number of ether oxygens (including phenoxy) is 2. The molecule has 4 heteroatoms. The number of nitrogens with zero attached hydrogens (tertiary/aromatic N) is 1. The van der Waals surface area contributed by atoms with Crippen LogP contribution in [0, 0.1) is 11.8 Å². The van der Waals surface area contributed by atoms with Crippen molar-refractivity contribution in [3.63, 3.8) is 0 Å². The van der Waals surface area contributed by atoms with Crippen molar-refractivity contribution in [2.24, 2.45) is 11.8 Å². The first-order valence-corrected chi connectivity index (χ1v) is 7.26. The van der Waals surface area contributed by atoms with Gasteiger partial charge in [0.25, 0.3) is 0 Å². The van der Waals surface area contributed by atoms with Crippen LogP contribution in [0.1, 0.15) is 61.5 Å². The van der Waals surface area contributed by atoms with Gasteiger partial charge < -0.3 is 14.6 Å². The maximum Gasteiger partial charge on any atom is 0.161 e. The van der Waals surface area contributed by atoms with E-state index in [1.807, 2.05) is 0 Å². The number of rotatable bonds is 4. The third kappa shape index (κ3) is 3.20. The van der Waals surface area contributed by atoms with Gasteiger partial charge in [0.05, 0.1) is 25.8 Å². The first kappa shape index (κ1) is 6.93. The molecule has 4 atom stereocenters. The SMILES string of the molecule is [2H]c1c2c(c([2H])c(OC)c1OC)C1([2H])N(CC2)CC([2H])(C([2H])([2H])C([2H])(C)C([2H])([2H])[2H])C([2H])(O)C1([2H])[2H]. The second-order valence-electron chi connectivity index (χ2n) is 5.39. The molecule has 3 rings (SSSR count). The molecule has 0 aliphatic carbocycles. The fourth-order valence-corrected chi connectivity index (χ4v) is 2.77. The summed E-state index contributed by atoms with van der Waals surface area (Å²) in [5.74, 6) is -6.71. The first-order valence-electron chi connectivity index (χ1n) is 13.8. The summed E-state index contributed by atoms with van der Waals surface area (Å²) in [6.45, 7) is -3.86. The zero-order valence-corrected chi connectivity index (χ0v) is 13.3. The van der Waals surface area contributed by atoms with E-state index in [0.717, 1.165) is 4.90 Å². The van der Waals surface area contributed by atoms with Gasteiger partial charge in [-0.2, -0.15) is 0 Å². The molecule has 0 amide bonds. The van der Waals surface area contributed by atoms with Crippen LogP contribution < -0.4 is 9.47 Å². The minimum atomic E-state index is -3.79. The number of aliphatic hydroxyl groups is 1. The zero-order chi connectivity index (χ0) is 28.1. The second-order valence-corrected chi connectivity index (χ2v) is 5.39. The number of piperidine rings is 1. The third-order valence-corrected chi connectivity index (χ3v) is 3.81. The molecule has 1 aromatic carbocycles. The lowest BCUT2D eigenvalue weighted by molar-refractivity contribution is -0.0191. The highest BCUT2D eigenvalue weighted by Crippen LogP contribution is 2.43. The lowest BCUT2D eigenvalue weighted by Crippen LogP contribution is -2.48. The quantitative estimate of drug-likeness (QED) is 0.920. The van der Waals surface area contributed by atoms with E-state index in [9.17, 15) is 6.48 Å². The third-order valence-electron chi connectivity index (χ3n) is 3.81. The molecule has 1 N–H and O–H groups in total. The van der Waals surface area contributed by atoms with Gasteiger partial charge >= 0.3 is 0 Å². The van der Waals surface area contributed by atoms with Gasteiger partial charge in [-0.1, -0.05) is 13.8 Å². The van der Waals surface area contributed by atoms with E-state index in [-0.39, 0.29) is 36.1 Å². The summed E-state index contributed by atoms with van der Waals surface area (Å²) >= 11 is 0. The molecule has 2 aliphatic heterocycles. The number of benzene rings is 1. The van der Waals surface area contributed by atoms with Crippen molar-refractivity contribution in [3.8, 4) is 11.5 Å². The van der Waals surface area contributed by atoms with E-state index >= 15 is 0 Å². The Morgan fingerprint density at radius 1 is 1.57 bits per heavy atom. The average Bonchev–Trinajstić information content (AvgIpc) is 2.74. The van der Waals surface area contributed by atoms with Crippen molar-refractivity contribution in [2.75, 3.05) is 27.3 Å².